The summed E-state index contributed by atoms with van der Waals surface area (Å²) in [6.07, 6.45) is 0. The molecule has 324 valence electrons. The van der Waals surface area contributed by atoms with Gasteiger partial charge in [-0.3, -0.25) is 0 Å². The van der Waals surface area contributed by atoms with Gasteiger partial charge < -0.3 is 9.32 Å². The maximum atomic E-state index is 6.53. The summed E-state index contributed by atoms with van der Waals surface area (Å²) in [6, 6.07) is 99.2. The molecule has 0 aliphatic heterocycles. The highest BCUT2D eigenvalue weighted by Gasteiger charge is 2.46. The highest BCUT2D eigenvalue weighted by molar-refractivity contribution is 6.13. The number of fused-ring (bicyclic) bond motifs is 6. The molecule has 0 unspecified atom stereocenters. The fraction of sp³-hybridized carbons (Fsp3) is 0.0149. The fourth-order valence-electron chi connectivity index (χ4n) is 11.0. The van der Waals surface area contributed by atoms with Crippen LogP contribution in [-0.4, -0.2) is 0 Å². The topological polar surface area (TPSA) is 16.4 Å². The van der Waals surface area contributed by atoms with Gasteiger partial charge in [0.15, 0.2) is 0 Å². The summed E-state index contributed by atoms with van der Waals surface area (Å²) in [5.41, 5.74) is 21.4. The second kappa shape index (κ2) is 16.7. The Hall–Kier alpha value is -8.98. The molecular formula is C67H45NO. The molecule has 12 aromatic rings. The van der Waals surface area contributed by atoms with Crippen LogP contribution in [0.25, 0.3) is 77.6 Å². The van der Waals surface area contributed by atoms with Gasteiger partial charge in [0.05, 0.1) is 5.41 Å². The molecule has 1 aliphatic carbocycles. The van der Waals surface area contributed by atoms with Crippen molar-refractivity contribution >= 4 is 39.0 Å². The van der Waals surface area contributed by atoms with E-state index in [4.69, 9.17) is 4.42 Å². The first kappa shape index (κ1) is 40.3. The molecule has 0 amide bonds. The second-order valence-electron chi connectivity index (χ2n) is 18.0. The molecule has 0 atom stereocenters. The Kier molecular flexibility index (Phi) is 9.77. The fourth-order valence-corrected chi connectivity index (χ4v) is 11.0. The van der Waals surface area contributed by atoms with Crippen molar-refractivity contribution in [3.05, 3.63) is 295 Å². The van der Waals surface area contributed by atoms with E-state index in [9.17, 15) is 0 Å². The molecule has 0 spiro atoms. The average Bonchev–Trinajstić information content (AvgIpc) is 3.96. The van der Waals surface area contributed by atoms with Crippen LogP contribution in [-0.2, 0) is 5.41 Å². The molecule has 1 aromatic heterocycles. The Labute approximate surface area is 402 Å². The summed E-state index contributed by atoms with van der Waals surface area (Å²) in [4.78, 5) is 2.39. The molecule has 69 heavy (non-hydrogen) atoms. The monoisotopic (exact) mass is 879 g/mol. The van der Waals surface area contributed by atoms with Gasteiger partial charge in [-0.05, 0) is 145 Å². The van der Waals surface area contributed by atoms with Crippen LogP contribution in [0.15, 0.2) is 277 Å². The summed E-state index contributed by atoms with van der Waals surface area (Å²) in [6.45, 7) is 0. The van der Waals surface area contributed by atoms with Crippen LogP contribution in [0.3, 0.4) is 0 Å². The number of para-hydroxylation sites is 1. The number of hydrogen-bond acceptors (Lipinski definition) is 2. The van der Waals surface area contributed by atoms with E-state index in [-0.39, 0.29) is 0 Å². The third-order valence-electron chi connectivity index (χ3n) is 14.1. The normalized spacial score (nSPS) is 12.5. The van der Waals surface area contributed by atoms with E-state index < -0.39 is 5.41 Å². The van der Waals surface area contributed by atoms with Crippen molar-refractivity contribution in [3.63, 3.8) is 0 Å². The highest BCUT2D eigenvalue weighted by Crippen LogP contribution is 2.57. The van der Waals surface area contributed by atoms with Gasteiger partial charge >= 0.3 is 0 Å². The maximum Gasteiger partial charge on any atom is 0.136 e. The third-order valence-corrected chi connectivity index (χ3v) is 14.1. The Bertz CT molecular complexity index is 3790. The van der Waals surface area contributed by atoms with Crippen LogP contribution in [0, 0.1) is 0 Å². The summed E-state index contributed by atoms with van der Waals surface area (Å²) < 4.78 is 6.53. The van der Waals surface area contributed by atoms with E-state index >= 15 is 0 Å². The Morgan fingerprint density at radius 2 is 0.739 bits per heavy atom. The van der Waals surface area contributed by atoms with E-state index in [0.29, 0.717) is 0 Å². The van der Waals surface area contributed by atoms with Crippen LogP contribution in [0.4, 0.5) is 17.1 Å². The highest BCUT2D eigenvalue weighted by atomic mass is 16.3. The zero-order chi connectivity index (χ0) is 45.7. The van der Waals surface area contributed by atoms with Gasteiger partial charge in [0.2, 0.25) is 0 Å². The van der Waals surface area contributed by atoms with E-state index in [1.807, 2.05) is 0 Å². The first-order valence-corrected chi connectivity index (χ1v) is 23.7. The number of rotatable bonds is 9. The van der Waals surface area contributed by atoms with Crippen molar-refractivity contribution in [2.75, 3.05) is 4.90 Å². The van der Waals surface area contributed by atoms with Crippen LogP contribution < -0.4 is 4.90 Å². The van der Waals surface area contributed by atoms with Gasteiger partial charge in [0, 0.05) is 27.8 Å². The lowest BCUT2D eigenvalue weighted by molar-refractivity contribution is 0.669. The lowest BCUT2D eigenvalue weighted by Gasteiger charge is -2.35. The molecule has 0 N–H and O–H groups in total. The molecule has 0 bridgehead atoms. The van der Waals surface area contributed by atoms with E-state index in [1.165, 1.54) is 61.2 Å². The zero-order valence-electron chi connectivity index (χ0n) is 37.8. The minimum absolute atomic E-state index is 0.573. The second-order valence-corrected chi connectivity index (χ2v) is 18.0. The molecule has 1 heterocycles. The zero-order valence-corrected chi connectivity index (χ0v) is 37.8. The van der Waals surface area contributed by atoms with Crippen molar-refractivity contribution < 1.29 is 4.42 Å². The Morgan fingerprint density at radius 3 is 1.42 bits per heavy atom. The molecular weight excluding hydrogens is 835 g/mol. The van der Waals surface area contributed by atoms with Gasteiger partial charge in [-0.2, -0.15) is 0 Å². The predicted octanol–water partition coefficient (Wildman–Crippen LogP) is 18.1. The molecule has 11 aromatic carbocycles. The minimum atomic E-state index is -0.573. The van der Waals surface area contributed by atoms with E-state index in [2.05, 4.69) is 278 Å². The molecule has 0 fully saturated rings. The van der Waals surface area contributed by atoms with Crippen LogP contribution in [0.1, 0.15) is 22.3 Å². The standard InChI is InChI=1S/C67H45NO/c1-4-18-46(19-5-1)49-22-14-23-50(42-49)52-38-41-64-61(44-52)66-58(32-17-35-65(66)69-64)48-36-39-56(40-37-48)68(55-27-8-3-9-28-55)57-29-16-26-54(45-57)67(53-25-15-24-51(43-53)47-20-6-2-7-21-47)62-33-12-10-30-59(62)60-31-11-13-34-63(60)67/h1-45H. The maximum absolute atomic E-state index is 6.53. The summed E-state index contributed by atoms with van der Waals surface area (Å²) >= 11 is 0. The summed E-state index contributed by atoms with van der Waals surface area (Å²) in [5.74, 6) is 0. The van der Waals surface area contributed by atoms with Gasteiger partial charge in [-0.25, -0.2) is 0 Å². The number of anilines is 3. The lowest BCUT2D eigenvalue weighted by atomic mass is 9.67. The van der Waals surface area contributed by atoms with Crippen molar-refractivity contribution in [2.45, 2.75) is 5.41 Å². The largest absolute Gasteiger partial charge is 0.456 e. The van der Waals surface area contributed by atoms with Crippen molar-refractivity contribution in [1.82, 2.24) is 0 Å². The number of nitrogens with zero attached hydrogens (tertiary/aromatic N) is 1. The molecule has 1 aliphatic rings. The first-order valence-electron chi connectivity index (χ1n) is 23.7. The van der Waals surface area contributed by atoms with Crippen molar-refractivity contribution in [2.24, 2.45) is 0 Å². The Balaban J connectivity index is 0.932. The SMILES string of the molecule is c1ccc(-c2cccc(-c3ccc4oc5cccc(-c6ccc(N(c7ccccc7)c7cccc(C8(c9cccc(-c%10ccccc%10)c9)c9ccccc9-c9ccccc98)c7)cc6)c5c4c3)c2)cc1. The molecule has 13 rings (SSSR count). The quantitative estimate of drug-likeness (QED) is 0.144. The van der Waals surface area contributed by atoms with Crippen LogP contribution >= 0.6 is 0 Å². The smallest absolute Gasteiger partial charge is 0.136 e. The van der Waals surface area contributed by atoms with Crippen LogP contribution in [0.2, 0.25) is 0 Å². The Morgan fingerprint density at radius 1 is 0.275 bits per heavy atom. The van der Waals surface area contributed by atoms with Gasteiger partial charge in [0.1, 0.15) is 11.2 Å². The summed E-state index contributed by atoms with van der Waals surface area (Å²) in [5, 5.41) is 2.22. The molecule has 2 nitrogen and oxygen atoms in total. The summed E-state index contributed by atoms with van der Waals surface area (Å²) in [7, 11) is 0. The van der Waals surface area contributed by atoms with Crippen molar-refractivity contribution in [3.8, 4) is 55.6 Å². The van der Waals surface area contributed by atoms with E-state index in [1.54, 1.807) is 0 Å². The minimum Gasteiger partial charge on any atom is -0.456 e. The molecule has 0 saturated heterocycles. The van der Waals surface area contributed by atoms with Crippen molar-refractivity contribution in [1.29, 1.82) is 0 Å². The predicted molar refractivity (Wildman–Crippen MR) is 287 cm³/mol. The van der Waals surface area contributed by atoms with Gasteiger partial charge in [0.25, 0.3) is 0 Å². The third kappa shape index (κ3) is 6.80. The number of furan rings is 1. The lowest BCUT2D eigenvalue weighted by Crippen LogP contribution is -2.29. The molecule has 0 radical (unpaired) electrons. The van der Waals surface area contributed by atoms with Gasteiger partial charge in [-0.1, -0.05) is 206 Å². The van der Waals surface area contributed by atoms with Gasteiger partial charge in [-0.15, -0.1) is 0 Å². The number of benzene rings is 11. The average molecular weight is 880 g/mol. The number of hydrogen-bond donors (Lipinski definition) is 0. The molecule has 2 heteroatoms. The first-order chi connectivity index (χ1) is 34.2. The molecule has 0 saturated carbocycles. The van der Waals surface area contributed by atoms with Crippen LogP contribution in [0.5, 0.6) is 0 Å². The van der Waals surface area contributed by atoms with E-state index in [0.717, 1.165) is 55.7 Å².